The van der Waals surface area contributed by atoms with Crippen LogP contribution in [0.5, 0.6) is 5.75 Å². The van der Waals surface area contributed by atoms with Crippen LogP contribution in [0.4, 0.5) is 4.39 Å². The number of carboxylic acid groups (broad SMARTS) is 1. The van der Waals surface area contributed by atoms with Gasteiger partial charge in [0.2, 0.25) is 0 Å². The SMILES string of the molecule is CCC(C(=O)O)N1CCC(Oc2ccc(F)cc2)CC1. The third-order valence-corrected chi connectivity index (χ3v) is 3.71. The minimum absolute atomic E-state index is 0.0722. The Morgan fingerprint density at radius 2 is 2.00 bits per heavy atom. The summed E-state index contributed by atoms with van der Waals surface area (Å²) in [6.45, 7) is 3.33. The van der Waals surface area contributed by atoms with E-state index < -0.39 is 12.0 Å². The Hall–Kier alpha value is -1.62. The number of likely N-dealkylation sites (tertiary alicyclic amines) is 1. The molecule has 1 atom stereocenters. The number of piperidine rings is 1. The molecule has 1 unspecified atom stereocenters. The van der Waals surface area contributed by atoms with E-state index in [0.29, 0.717) is 12.2 Å². The van der Waals surface area contributed by atoms with Gasteiger partial charge in [-0.1, -0.05) is 6.92 Å². The van der Waals surface area contributed by atoms with Crippen LogP contribution in [0.1, 0.15) is 26.2 Å². The molecule has 0 bridgehead atoms. The lowest BCUT2D eigenvalue weighted by molar-refractivity contribution is -0.144. The zero-order valence-electron chi connectivity index (χ0n) is 11.6. The van der Waals surface area contributed by atoms with Crippen LogP contribution in [-0.2, 0) is 4.79 Å². The van der Waals surface area contributed by atoms with Crippen LogP contribution >= 0.6 is 0 Å². The molecule has 1 aliphatic rings. The van der Waals surface area contributed by atoms with Gasteiger partial charge in [-0.25, -0.2) is 4.39 Å². The van der Waals surface area contributed by atoms with Gasteiger partial charge in [-0.2, -0.15) is 0 Å². The molecular weight excluding hydrogens is 261 g/mol. The standard InChI is InChI=1S/C15H20FNO3/c1-2-14(15(18)19)17-9-7-13(8-10-17)20-12-5-3-11(16)4-6-12/h3-6,13-14H,2,7-10H2,1H3,(H,18,19). The summed E-state index contributed by atoms with van der Waals surface area (Å²) in [5.74, 6) is -0.375. The van der Waals surface area contributed by atoms with Crippen LogP contribution in [0, 0.1) is 5.82 Å². The smallest absolute Gasteiger partial charge is 0.320 e. The molecule has 0 spiro atoms. The first kappa shape index (κ1) is 14.8. The Morgan fingerprint density at radius 1 is 1.40 bits per heavy atom. The second-order valence-corrected chi connectivity index (χ2v) is 5.07. The van der Waals surface area contributed by atoms with E-state index >= 15 is 0 Å². The first-order chi connectivity index (χ1) is 9.60. The van der Waals surface area contributed by atoms with Crippen molar-refractivity contribution in [3.8, 4) is 5.75 Å². The summed E-state index contributed by atoms with van der Waals surface area (Å²) in [5.41, 5.74) is 0. The van der Waals surface area contributed by atoms with E-state index in [4.69, 9.17) is 9.84 Å². The largest absolute Gasteiger partial charge is 0.490 e. The molecule has 4 nitrogen and oxygen atoms in total. The van der Waals surface area contributed by atoms with Crippen LogP contribution in [0.2, 0.25) is 0 Å². The molecule has 110 valence electrons. The molecule has 1 aromatic rings. The van der Waals surface area contributed by atoms with E-state index in [9.17, 15) is 9.18 Å². The summed E-state index contributed by atoms with van der Waals surface area (Å²) in [6, 6.07) is 5.59. The van der Waals surface area contributed by atoms with Crippen LogP contribution in [0.25, 0.3) is 0 Å². The average molecular weight is 281 g/mol. The Bertz CT molecular complexity index is 441. The number of carboxylic acids is 1. The third-order valence-electron chi connectivity index (χ3n) is 3.71. The highest BCUT2D eigenvalue weighted by atomic mass is 19.1. The number of hydrogen-bond donors (Lipinski definition) is 1. The lowest BCUT2D eigenvalue weighted by Crippen LogP contribution is -2.47. The van der Waals surface area contributed by atoms with Crippen molar-refractivity contribution >= 4 is 5.97 Å². The van der Waals surface area contributed by atoms with Gasteiger partial charge in [0.1, 0.15) is 23.7 Å². The van der Waals surface area contributed by atoms with Crippen molar-refractivity contribution in [1.82, 2.24) is 4.90 Å². The van der Waals surface area contributed by atoms with Gasteiger partial charge in [0.05, 0.1) is 0 Å². The Morgan fingerprint density at radius 3 is 2.50 bits per heavy atom. The highest BCUT2D eigenvalue weighted by Crippen LogP contribution is 2.21. The minimum Gasteiger partial charge on any atom is -0.490 e. The molecule has 1 N–H and O–H groups in total. The fourth-order valence-corrected chi connectivity index (χ4v) is 2.60. The number of nitrogens with zero attached hydrogens (tertiary/aromatic N) is 1. The van der Waals surface area contributed by atoms with Gasteiger partial charge >= 0.3 is 5.97 Å². The monoisotopic (exact) mass is 281 g/mol. The zero-order valence-corrected chi connectivity index (χ0v) is 11.6. The van der Waals surface area contributed by atoms with Gasteiger partial charge in [0.25, 0.3) is 0 Å². The van der Waals surface area contributed by atoms with Gasteiger partial charge in [0.15, 0.2) is 0 Å². The first-order valence-corrected chi connectivity index (χ1v) is 6.99. The zero-order chi connectivity index (χ0) is 14.5. The molecule has 0 aliphatic carbocycles. The van der Waals surface area contributed by atoms with Crippen LogP contribution < -0.4 is 4.74 Å². The number of aliphatic carboxylic acids is 1. The quantitative estimate of drug-likeness (QED) is 0.901. The van der Waals surface area contributed by atoms with E-state index in [1.807, 2.05) is 11.8 Å². The molecule has 0 radical (unpaired) electrons. The number of hydrogen-bond acceptors (Lipinski definition) is 3. The lowest BCUT2D eigenvalue weighted by atomic mass is 10.0. The molecular formula is C15H20FNO3. The maximum Gasteiger partial charge on any atom is 0.320 e. The van der Waals surface area contributed by atoms with Crippen molar-refractivity contribution in [2.24, 2.45) is 0 Å². The molecule has 20 heavy (non-hydrogen) atoms. The number of halogens is 1. The van der Waals surface area contributed by atoms with Crippen molar-refractivity contribution in [3.63, 3.8) is 0 Å². The maximum absolute atomic E-state index is 12.8. The first-order valence-electron chi connectivity index (χ1n) is 6.99. The van der Waals surface area contributed by atoms with Crippen LogP contribution in [0.3, 0.4) is 0 Å². The number of ether oxygens (including phenoxy) is 1. The number of benzene rings is 1. The summed E-state index contributed by atoms with van der Waals surface area (Å²) < 4.78 is 18.6. The van der Waals surface area contributed by atoms with Crippen molar-refractivity contribution in [3.05, 3.63) is 30.1 Å². The van der Waals surface area contributed by atoms with E-state index in [1.54, 1.807) is 12.1 Å². The van der Waals surface area contributed by atoms with Gasteiger partial charge in [0, 0.05) is 13.1 Å². The van der Waals surface area contributed by atoms with Crippen molar-refractivity contribution in [2.75, 3.05) is 13.1 Å². The third kappa shape index (κ3) is 3.70. The second kappa shape index (κ2) is 6.70. The fourth-order valence-electron chi connectivity index (χ4n) is 2.60. The molecule has 5 heteroatoms. The highest BCUT2D eigenvalue weighted by Gasteiger charge is 2.28. The van der Waals surface area contributed by atoms with Gasteiger partial charge in [-0.3, -0.25) is 9.69 Å². The van der Waals surface area contributed by atoms with Gasteiger partial charge in [-0.15, -0.1) is 0 Å². The molecule has 1 aliphatic heterocycles. The molecule has 0 aromatic heterocycles. The lowest BCUT2D eigenvalue weighted by Gasteiger charge is -2.35. The predicted octanol–water partition coefficient (Wildman–Crippen LogP) is 2.53. The van der Waals surface area contributed by atoms with Crippen molar-refractivity contribution in [1.29, 1.82) is 0 Å². The van der Waals surface area contributed by atoms with Crippen molar-refractivity contribution in [2.45, 2.75) is 38.3 Å². The van der Waals surface area contributed by atoms with E-state index in [1.165, 1.54) is 12.1 Å². The topological polar surface area (TPSA) is 49.8 Å². The average Bonchev–Trinajstić information content (AvgIpc) is 2.44. The number of carbonyl (C=O) groups is 1. The van der Waals surface area contributed by atoms with Crippen LogP contribution in [0.15, 0.2) is 24.3 Å². The predicted molar refractivity (Wildman–Crippen MR) is 73.3 cm³/mol. The summed E-state index contributed by atoms with van der Waals surface area (Å²) in [5, 5.41) is 9.14. The molecule has 1 fully saturated rings. The van der Waals surface area contributed by atoms with Crippen LogP contribution in [-0.4, -0.2) is 41.2 Å². The van der Waals surface area contributed by atoms with Gasteiger partial charge in [-0.05, 0) is 43.5 Å². The maximum atomic E-state index is 12.8. The van der Waals surface area contributed by atoms with Gasteiger partial charge < -0.3 is 9.84 Å². The molecule has 0 amide bonds. The minimum atomic E-state index is -0.759. The Kier molecular flexibility index (Phi) is 4.95. The molecule has 0 saturated carbocycles. The second-order valence-electron chi connectivity index (χ2n) is 5.07. The van der Waals surface area contributed by atoms with E-state index in [-0.39, 0.29) is 11.9 Å². The highest BCUT2D eigenvalue weighted by molar-refractivity contribution is 5.73. The Labute approximate surface area is 118 Å². The van der Waals surface area contributed by atoms with Crippen molar-refractivity contribution < 1.29 is 19.0 Å². The molecule has 1 aromatic carbocycles. The summed E-state index contributed by atoms with van der Waals surface area (Å²) >= 11 is 0. The molecule has 1 heterocycles. The summed E-state index contributed by atoms with van der Waals surface area (Å²) in [4.78, 5) is 13.1. The number of rotatable bonds is 5. The summed E-state index contributed by atoms with van der Waals surface area (Å²) in [6.07, 6.45) is 2.27. The molecule has 2 rings (SSSR count). The normalized spacial score (nSPS) is 18.7. The fraction of sp³-hybridized carbons (Fsp3) is 0.533. The molecule has 1 saturated heterocycles. The van der Waals surface area contributed by atoms with E-state index in [2.05, 4.69) is 0 Å². The van der Waals surface area contributed by atoms with E-state index in [0.717, 1.165) is 25.9 Å². The summed E-state index contributed by atoms with van der Waals surface area (Å²) in [7, 11) is 0. The Balaban J connectivity index is 1.85.